The van der Waals surface area contributed by atoms with Crippen LogP contribution in [0.5, 0.6) is 0 Å². The van der Waals surface area contributed by atoms with Crippen LogP contribution in [0, 0.1) is 0 Å². The molecule has 0 aliphatic carbocycles. The molecule has 1 aromatic carbocycles. The highest BCUT2D eigenvalue weighted by molar-refractivity contribution is 5.76. The normalized spacial score (nSPS) is 16.1. The lowest BCUT2D eigenvalue weighted by atomic mass is 10.2. The monoisotopic (exact) mass is 419 g/mol. The molecule has 2 rings (SSSR count). The van der Waals surface area contributed by atoms with Crippen molar-refractivity contribution < 1.29 is 23.9 Å². The van der Waals surface area contributed by atoms with Crippen LogP contribution in [-0.2, 0) is 20.9 Å². The molecule has 0 radical (unpaired) electrons. The molecule has 0 saturated carbocycles. The van der Waals surface area contributed by atoms with Gasteiger partial charge in [0.25, 0.3) is 0 Å². The molecule has 1 fully saturated rings. The molecule has 1 aromatic rings. The van der Waals surface area contributed by atoms with E-state index in [1.165, 1.54) is 0 Å². The number of hydrogen-bond donors (Lipinski definition) is 2. The molecule has 8 nitrogen and oxygen atoms in total. The van der Waals surface area contributed by atoms with E-state index in [2.05, 4.69) is 10.6 Å². The number of amides is 3. The van der Waals surface area contributed by atoms with Gasteiger partial charge in [-0.25, -0.2) is 9.59 Å². The molecule has 166 valence electrons. The fourth-order valence-corrected chi connectivity index (χ4v) is 3.14. The molecule has 0 aromatic heterocycles. The fourth-order valence-electron chi connectivity index (χ4n) is 3.14. The summed E-state index contributed by atoms with van der Waals surface area (Å²) < 4.78 is 10.5. The van der Waals surface area contributed by atoms with Gasteiger partial charge in [-0.2, -0.15) is 0 Å². The third-order valence-corrected chi connectivity index (χ3v) is 4.60. The zero-order chi connectivity index (χ0) is 22.0. The van der Waals surface area contributed by atoms with Crippen LogP contribution in [-0.4, -0.2) is 54.3 Å². The van der Waals surface area contributed by atoms with E-state index in [-0.39, 0.29) is 31.1 Å². The van der Waals surface area contributed by atoms with Crippen molar-refractivity contribution in [1.29, 1.82) is 0 Å². The van der Waals surface area contributed by atoms with Crippen molar-refractivity contribution in [3.05, 3.63) is 35.9 Å². The molecule has 8 heteroatoms. The van der Waals surface area contributed by atoms with E-state index in [1.54, 1.807) is 4.90 Å². The highest BCUT2D eigenvalue weighted by Gasteiger charge is 2.32. The van der Waals surface area contributed by atoms with E-state index in [9.17, 15) is 14.4 Å². The number of ether oxygens (including phenoxy) is 2. The summed E-state index contributed by atoms with van der Waals surface area (Å²) in [6.07, 6.45) is 1.70. The third-order valence-electron chi connectivity index (χ3n) is 4.60. The summed E-state index contributed by atoms with van der Waals surface area (Å²) in [6.45, 7) is 7.13. The largest absolute Gasteiger partial charge is 0.445 e. The summed E-state index contributed by atoms with van der Waals surface area (Å²) in [5, 5.41) is 5.51. The van der Waals surface area contributed by atoms with Crippen molar-refractivity contribution in [1.82, 2.24) is 15.5 Å². The first-order valence-electron chi connectivity index (χ1n) is 10.5. The average Bonchev–Trinajstić information content (AvgIpc) is 3.16. The van der Waals surface area contributed by atoms with Crippen LogP contribution in [0.15, 0.2) is 30.3 Å². The molecule has 1 heterocycles. The van der Waals surface area contributed by atoms with Crippen LogP contribution in [0.25, 0.3) is 0 Å². The molecule has 0 unspecified atom stereocenters. The summed E-state index contributed by atoms with van der Waals surface area (Å²) in [5.74, 6) is -0.106. The quantitative estimate of drug-likeness (QED) is 0.631. The number of nitrogens with zero attached hydrogens (tertiary/aromatic N) is 1. The van der Waals surface area contributed by atoms with Crippen LogP contribution in [0.3, 0.4) is 0 Å². The molecule has 2 N–H and O–H groups in total. The first-order chi connectivity index (χ1) is 14.2. The van der Waals surface area contributed by atoms with Crippen molar-refractivity contribution in [2.75, 3.05) is 19.6 Å². The topological polar surface area (TPSA) is 97.0 Å². The van der Waals surface area contributed by atoms with Gasteiger partial charge in [0.1, 0.15) is 12.2 Å². The Morgan fingerprint density at radius 1 is 1.13 bits per heavy atom. The Morgan fingerprint density at radius 3 is 2.57 bits per heavy atom. The second-order valence-corrected chi connectivity index (χ2v) is 8.37. The fraction of sp³-hybridized carbons (Fsp3) is 0.591. The first kappa shape index (κ1) is 23.5. The van der Waals surface area contributed by atoms with E-state index >= 15 is 0 Å². The standard InChI is InChI=1S/C22H33N3O5/c1-22(2,3)30-21(28)25-14-8-11-18(25)15-24-19(26)12-7-13-23-20(27)29-16-17-9-5-4-6-10-17/h4-6,9-10,18H,7-8,11-16H2,1-3H3,(H,23,27)(H,24,26)/t18-/m0/s1. The minimum atomic E-state index is -0.539. The zero-order valence-corrected chi connectivity index (χ0v) is 18.1. The van der Waals surface area contributed by atoms with Crippen molar-refractivity contribution >= 4 is 18.1 Å². The molecule has 1 saturated heterocycles. The maximum atomic E-state index is 12.3. The van der Waals surface area contributed by atoms with Gasteiger partial charge in [0.2, 0.25) is 5.91 Å². The second-order valence-electron chi connectivity index (χ2n) is 8.37. The van der Waals surface area contributed by atoms with Crippen molar-refractivity contribution in [2.45, 2.75) is 64.7 Å². The number of carbonyl (C=O) groups is 3. The maximum absolute atomic E-state index is 12.3. The zero-order valence-electron chi connectivity index (χ0n) is 18.1. The summed E-state index contributed by atoms with van der Waals surface area (Å²) in [5.41, 5.74) is 0.377. The van der Waals surface area contributed by atoms with E-state index in [1.807, 2.05) is 51.1 Å². The average molecular weight is 420 g/mol. The summed E-state index contributed by atoms with van der Waals surface area (Å²) in [6, 6.07) is 9.38. The van der Waals surface area contributed by atoms with Gasteiger partial charge in [-0.15, -0.1) is 0 Å². The van der Waals surface area contributed by atoms with Crippen LogP contribution in [0.1, 0.15) is 52.0 Å². The smallest absolute Gasteiger partial charge is 0.410 e. The summed E-state index contributed by atoms with van der Waals surface area (Å²) >= 11 is 0. The van der Waals surface area contributed by atoms with E-state index in [0.29, 0.717) is 26.1 Å². The molecule has 1 atom stereocenters. The second kappa shape index (κ2) is 11.4. The van der Waals surface area contributed by atoms with Crippen molar-refractivity contribution in [3.8, 4) is 0 Å². The van der Waals surface area contributed by atoms with E-state index in [0.717, 1.165) is 18.4 Å². The first-order valence-corrected chi connectivity index (χ1v) is 10.5. The lowest BCUT2D eigenvalue weighted by Gasteiger charge is -2.28. The Hall–Kier alpha value is -2.77. The Bertz CT molecular complexity index is 702. The Morgan fingerprint density at radius 2 is 1.87 bits per heavy atom. The van der Waals surface area contributed by atoms with Crippen molar-refractivity contribution in [3.63, 3.8) is 0 Å². The minimum Gasteiger partial charge on any atom is -0.445 e. The van der Waals surface area contributed by atoms with E-state index in [4.69, 9.17) is 9.47 Å². The molecule has 0 spiro atoms. The van der Waals surface area contributed by atoms with Gasteiger partial charge < -0.3 is 25.0 Å². The molecule has 1 aliphatic heterocycles. The van der Waals surface area contributed by atoms with Gasteiger partial charge in [-0.3, -0.25) is 4.79 Å². The third kappa shape index (κ3) is 8.71. The maximum Gasteiger partial charge on any atom is 0.410 e. The minimum absolute atomic E-state index is 0.0464. The number of benzene rings is 1. The Labute approximate surface area is 178 Å². The number of nitrogens with one attached hydrogen (secondary N) is 2. The van der Waals surface area contributed by atoms with Crippen LogP contribution >= 0.6 is 0 Å². The molecule has 30 heavy (non-hydrogen) atoms. The number of likely N-dealkylation sites (tertiary alicyclic amines) is 1. The van der Waals surface area contributed by atoms with Crippen LogP contribution in [0.4, 0.5) is 9.59 Å². The Balaban J connectivity index is 1.58. The number of hydrogen-bond acceptors (Lipinski definition) is 5. The predicted molar refractivity (Wildman–Crippen MR) is 113 cm³/mol. The summed E-state index contributed by atoms with van der Waals surface area (Å²) in [4.78, 5) is 37.7. The molecular formula is C22H33N3O5. The van der Waals surface area contributed by atoms with Crippen molar-refractivity contribution in [2.24, 2.45) is 0 Å². The number of alkyl carbamates (subject to hydrolysis) is 1. The van der Waals surface area contributed by atoms with Gasteiger partial charge >= 0.3 is 12.2 Å². The summed E-state index contributed by atoms with van der Waals surface area (Å²) in [7, 11) is 0. The van der Waals surface area contributed by atoms with Gasteiger partial charge in [0, 0.05) is 26.1 Å². The van der Waals surface area contributed by atoms with Gasteiger partial charge in [0.05, 0.1) is 6.04 Å². The highest BCUT2D eigenvalue weighted by atomic mass is 16.6. The SMILES string of the molecule is CC(C)(C)OC(=O)N1CCC[C@H]1CNC(=O)CCCNC(=O)OCc1ccccc1. The highest BCUT2D eigenvalue weighted by Crippen LogP contribution is 2.20. The van der Waals surface area contributed by atoms with E-state index < -0.39 is 11.7 Å². The van der Waals surface area contributed by atoms with Gasteiger partial charge in [0.15, 0.2) is 0 Å². The number of rotatable bonds is 8. The molecule has 1 aliphatic rings. The molecule has 3 amide bonds. The predicted octanol–water partition coefficient (Wildman–Crippen LogP) is 3.21. The van der Waals surface area contributed by atoms with Crippen LogP contribution in [0.2, 0.25) is 0 Å². The van der Waals surface area contributed by atoms with Gasteiger partial charge in [-0.05, 0) is 45.6 Å². The molecule has 0 bridgehead atoms. The Kier molecular flexibility index (Phi) is 8.95. The number of carbonyl (C=O) groups excluding carboxylic acids is 3. The lowest BCUT2D eigenvalue weighted by Crippen LogP contribution is -2.45. The lowest BCUT2D eigenvalue weighted by molar-refractivity contribution is -0.121. The van der Waals surface area contributed by atoms with Gasteiger partial charge in [-0.1, -0.05) is 30.3 Å². The molecular weight excluding hydrogens is 386 g/mol. The van der Waals surface area contributed by atoms with Crippen LogP contribution < -0.4 is 10.6 Å².